The fourth-order valence-electron chi connectivity index (χ4n) is 3.84. The van der Waals surface area contributed by atoms with Crippen molar-refractivity contribution in [3.8, 4) is 0 Å². The van der Waals surface area contributed by atoms with Crippen LogP contribution in [0.15, 0.2) is 82.6 Å². The number of rotatable bonds is 7. The van der Waals surface area contributed by atoms with Gasteiger partial charge in [0.2, 0.25) is 0 Å². The van der Waals surface area contributed by atoms with Crippen LogP contribution in [0.1, 0.15) is 50.0 Å². The van der Waals surface area contributed by atoms with E-state index in [9.17, 15) is 14.4 Å². The Labute approximate surface area is 215 Å². The van der Waals surface area contributed by atoms with Crippen LogP contribution in [0, 0.1) is 0 Å². The number of carbonyl (C=O) groups excluding carboxylic acids is 3. The summed E-state index contributed by atoms with van der Waals surface area (Å²) in [6, 6.07) is 21.3. The smallest absolute Gasteiger partial charge is 0.287 e. The lowest BCUT2D eigenvalue weighted by Crippen LogP contribution is -2.40. The van der Waals surface area contributed by atoms with E-state index < -0.39 is 17.4 Å². The predicted molar refractivity (Wildman–Crippen MR) is 142 cm³/mol. The van der Waals surface area contributed by atoms with Crippen molar-refractivity contribution in [3.63, 3.8) is 0 Å². The molecule has 9 nitrogen and oxygen atoms in total. The second kappa shape index (κ2) is 9.75. The summed E-state index contributed by atoms with van der Waals surface area (Å²) in [5.74, 6) is -1.01. The number of aromatic amines is 1. The van der Waals surface area contributed by atoms with Crippen LogP contribution in [0.5, 0.6) is 0 Å². The number of thiophene rings is 1. The molecule has 0 saturated carbocycles. The largest absolute Gasteiger partial charge is 0.445 e. The van der Waals surface area contributed by atoms with Crippen LogP contribution in [-0.2, 0) is 5.54 Å². The van der Waals surface area contributed by atoms with Gasteiger partial charge in [0, 0.05) is 6.07 Å². The molecule has 3 aromatic heterocycles. The van der Waals surface area contributed by atoms with Crippen molar-refractivity contribution in [2.24, 2.45) is 0 Å². The van der Waals surface area contributed by atoms with Crippen molar-refractivity contribution >= 4 is 51.7 Å². The van der Waals surface area contributed by atoms with Crippen LogP contribution in [-0.4, -0.2) is 27.9 Å². The number of para-hydroxylation sites is 1. The fourth-order valence-corrected chi connectivity index (χ4v) is 4.46. The second-order valence-electron chi connectivity index (χ2n) is 8.80. The number of H-pyrrole nitrogens is 1. The summed E-state index contributed by atoms with van der Waals surface area (Å²) in [6.45, 7) is 3.80. The van der Waals surface area contributed by atoms with Crippen LogP contribution in [0.4, 0.5) is 11.5 Å². The molecule has 0 saturated heterocycles. The van der Waals surface area contributed by atoms with E-state index in [1.807, 2.05) is 44.2 Å². The summed E-state index contributed by atoms with van der Waals surface area (Å²) >= 11 is 1.30. The zero-order valence-electron chi connectivity index (χ0n) is 20.0. The van der Waals surface area contributed by atoms with Gasteiger partial charge in [-0.15, -0.1) is 11.3 Å². The summed E-state index contributed by atoms with van der Waals surface area (Å²) in [6.07, 6.45) is 0. The summed E-state index contributed by atoms with van der Waals surface area (Å²) in [5.41, 5.74) is 1.60. The van der Waals surface area contributed by atoms with Gasteiger partial charge in [-0.05, 0) is 43.0 Å². The molecule has 186 valence electrons. The number of nitrogens with zero attached hydrogens (tertiary/aromatic N) is 1. The fraction of sp³-hybridized carbons (Fsp3) is 0.111. The molecule has 0 bridgehead atoms. The number of benzene rings is 2. The third-order valence-corrected chi connectivity index (χ3v) is 6.65. The van der Waals surface area contributed by atoms with Gasteiger partial charge in [0.05, 0.1) is 21.7 Å². The summed E-state index contributed by atoms with van der Waals surface area (Å²) < 4.78 is 5.77. The minimum atomic E-state index is -0.634. The maximum atomic E-state index is 13.1. The molecule has 0 aliphatic heterocycles. The molecule has 5 aromatic rings. The Hall–Kier alpha value is -4.70. The van der Waals surface area contributed by atoms with Gasteiger partial charge in [0.25, 0.3) is 17.7 Å². The number of nitrogens with one attached hydrogen (secondary N) is 4. The lowest BCUT2D eigenvalue weighted by molar-refractivity contribution is 0.0885. The average molecular weight is 514 g/mol. The van der Waals surface area contributed by atoms with Crippen LogP contribution in [0.3, 0.4) is 0 Å². The Kier molecular flexibility index (Phi) is 6.33. The van der Waals surface area contributed by atoms with Crippen LogP contribution in [0.2, 0.25) is 0 Å². The number of aromatic nitrogens is 2. The molecule has 37 heavy (non-hydrogen) atoms. The van der Waals surface area contributed by atoms with E-state index in [-0.39, 0.29) is 28.6 Å². The Morgan fingerprint density at radius 3 is 2.41 bits per heavy atom. The van der Waals surface area contributed by atoms with E-state index in [0.717, 1.165) is 5.56 Å². The Balaban J connectivity index is 1.33. The van der Waals surface area contributed by atoms with Crippen molar-refractivity contribution in [3.05, 3.63) is 99.9 Å². The van der Waals surface area contributed by atoms with Crippen molar-refractivity contribution in [1.82, 2.24) is 15.5 Å². The first kappa shape index (κ1) is 24.0. The summed E-state index contributed by atoms with van der Waals surface area (Å²) in [5, 5.41) is 17.1. The number of carbonyl (C=O) groups is 3. The van der Waals surface area contributed by atoms with Gasteiger partial charge in [-0.3, -0.25) is 19.5 Å². The highest BCUT2D eigenvalue weighted by atomic mass is 32.1. The number of fused-ring (bicyclic) bond motifs is 1. The van der Waals surface area contributed by atoms with Gasteiger partial charge >= 0.3 is 0 Å². The minimum absolute atomic E-state index is 0.0757. The summed E-state index contributed by atoms with van der Waals surface area (Å²) in [4.78, 5) is 39.1. The average Bonchev–Trinajstić information content (AvgIpc) is 3.64. The number of hydrogen-bond acceptors (Lipinski definition) is 6. The molecule has 0 atom stereocenters. The zero-order chi connectivity index (χ0) is 26.0. The highest BCUT2D eigenvalue weighted by molar-refractivity contribution is 7.12. The number of furan rings is 1. The monoisotopic (exact) mass is 513 g/mol. The van der Waals surface area contributed by atoms with Gasteiger partial charge in [-0.1, -0.05) is 48.5 Å². The molecular formula is C27H23N5O4S. The molecule has 2 aromatic carbocycles. The normalized spacial score (nSPS) is 11.3. The predicted octanol–water partition coefficient (Wildman–Crippen LogP) is 5.39. The standard InChI is InChI=1S/C27H23N5O4S/c1-27(2,16-9-4-3-5-10-16)30-25(34)20-15-19-22(36-20)23(32-31-19)29-24(33)17-11-6-7-12-18(17)28-26(35)21-13-8-14-37-21/h3-15H,1-2H3,(H,28,35)(H,30,34)(H2,29,31,32,33). The van der Waals surface area contributed by atoms with Crippen molar-refractivity contribution in [2.75, 3.05) is 10.6 Å². The van der Waals surface area contributed by atoms with E-state index in [2.05, 4.69) is 26.1 Å². The Bertz CT molecular complexity index is 1590. The topological polar surface area (TPSA) is 129 Å². The van der Waals surface area contributed by atoms with Crippen LogP contribution < -0.4 is 16.0 Å². The van der Waals surface area contributed by atoms with Gasteiger partial charge in [-0.25, -0.2) is 0 Å². The lowest BCUT2D eigenvalue weighted by atomic mass is 9.94. The molecule has 0 aliphatic rings. The van der Waals surface area contributed by atoms with Crippen LogP contribution in [0.25, 0.3) is 11.1 Å². The Morgan fingerprint density at radius 1 is 0.892 bits per heavy atom. The SMILES string of the molecule is CC(C)(NC(=O)c1cc2[nH]nc(NC(=O)c3ccccc3NC(=O)c3cccs3)c2o1)c1ccccc1. The highest BCUT2D eigenvalue weighted by Crippen LogP contribution is 2.27. The van der Waals surface area contributed by atoms with Gasteiger partial charge in [-0.2, -0.15) is 5.10 Å². The minimum Gasteiger partial charge on any atom is -0.445 e. The van der Waals surface area contributed by atoms with Crippen LogP contribution >= 0.6 is 11.3 Å². The quantitative estimate of drug-likeness (QED) is 0.232. The first-order valence-corrected chi connectivity index (χ1v) is 12.3. The lowest BCUT2D eigenvalue weighted by Gasteiger charge is -2.26. The maximum absolute atomic E-state index is 13.1. The molecule has 3 heterocycles. The molecule has 0 radical (unpaired) electrons. The van der Waals surface area contributed by atoms with E-state index in [0.29, 0.717) is 16.1 Å². The number of amides is 3. The van der Waals surface area contributed by atoms with Gasteiger partial charge in [0.15, 0.2) is 17.2 Å². The molecule has 5 rings (SSSR count). The molecule has 0 aliphatic carbocycles. The first-order valence-electron chi connectivity index (χ1n) is 11.4. The third kappa shape index (κ3) is 5.00. The molecule has 10 heteroatoms. The van der Waals surface area contributed by atoms with E-state index >= 15 is 0 Å². The summed E-state index contributed by atoms with van der Waals surface area (Å²) in [7, 11) is 0. The van der Waals surface area contributed by atoms with Crippen molar-refractivity contribution in [2.45, 2.75) is 19.4 Å². The molecule has 0 spiro atoms. The van der Waals surface area contributed by atoms with Gasteiger partial charge < -0.3 is 20.4 Å². The third-order valence-electron chi connectivity index (χ3n) is 5.78. The zero-order valence-corrected chi connectivity index (χ0v) is 20.8. The van der Waals surface area contributed by atoms with E-state index in [4.69, 9.17) is 4.42 Å². The Morgan fingerprint density at radius 2 is 1.65 bits per heavy atom. The first-order chi connectivity index (χ1) is 17.8. The second-order valence-corrected chi connectivity index (χ2v) is 9.75. The molecule has 0 fully saturated rings. The molecule has 3 amide bonds. The van der Waals surface area contributed by atoms with E-state index in [1.165, 1.54) is 17.4 Å². The number of anilines is 2. The number of hydrogen-bond donors (Lipinski definition) is 4. The van der Waals surface area contributed by atoms with Gasteiger partial charge in [0.1, 0.15) is 5.52 Å². The van der Waals surface area contributed by atoms with E-state index in [1.54, 1.807) is 41.8 Å². The van der Waals surface area contributed by atoms with Crippen molar-refractivity contribution < 1.29 is 18.8 Å². The molecular weight excluding hydrogens is 490 g/mol. The molecule has 4 N–H and O–H groups in total. The molecule has 0 unspecified atom stereocenters. The maximum Gasteiger partial charge on any atom is 0.287 e. The van der Waals surface area contributed by atoms with Crippen molar-refractivity contribution in [1.29, 1.82) is 0 Å². The highest BCUT2D eigenvalue weighted by Gasteiger charge is 2.26.